The van der Waals surface area contributed by atoms with Gasteiger partial charge in [0.05, 0.1) is 11.5 Å². The highest BCUT2D eigenvalue weighted by Crippen LogP contribution is 2.43. The number of nitrogens with one attached hydrogen (secondary N) is 2. The maximum Gasteiger partial charge on any atom is 0.326 e. The molecule has 3 rings (SSSR count). The van der Waals surface area contributed by atoms with E-state index in [2.05, 4.69) is 20.6 Å². The van der Waals surface area contributed by atoms with E-state index in [1.165, 1.54) is 25.4 Å². The SMILES string of the molecule is CCOC(=O)C1(C)C(=O)Nc2cc(NC(=O)c3cc(C)ncn3)c([N+](=O)[O-])cc21. The molecule has 0 aliphatic carbocycles. The molecule has 11 nitrogen and oxygen atoms in total. The zero-order chi connectivity index (χ0) is 21.3. The summed E-state index contributed by atoms with van der Waals surface area (Å²) >= 11 is 0. The van der Waals surface area contributed by atoms with E-state index in [0.29, 0.717) is 5.69 Å². The number of carbonyl (C=O) groups is 3. The summed E-state index contributed by atoms with van der Waals surface area (Å²) in [4.78, 5) is 55.9. The largest absolute Gasteiger partial charge is 0.465 e. The predicted octanol–water partition coefficient (Wildman–Crippen LogP) is 1.72. The molecule has 2 N–H and O–H groups in total. The fraction of sp³-hybridized carbons (Fsp3) is 0.278. The number of nitrogens with zero attached hydrogens (tertiary/aromatic N) is 3. The zero-order valence-corrected chi connectivity index (χ0v) is 15.8. The zero-order valence-electron chi connectivity index (χ0n) is 15.8. The number of fused-ring (bicyclic) bond motifs is 1. The summed E-state index contributed by atoms with van der Waals surface area (Å²) in [5.74, 6) is -2.18. The quantitative estimate of drug-likeness (QED) is 0.333. The Balaban J connectivity index is 2.05. The molecule has 0 bridgehead atoms. The summed E-state index contributed by atoms with van der Waals surface area (Å²) in [7, 11) is 0. The number of benzene rings is 1. The van der Waals surface area contributed by atoms with Gasteiger partial charge in [-0.3, -0.25) is 24.5 Å². The fourth-order valence-electron chi connectivity index (χ4n) is 2.97. The van der Waals surface area contributed by atoms with Gasteiger partial charge < -0.3 is 15.4 Å². The van der Waals surface area contributed by atoms with E-state index in [4.69, 9.17) is 4.74 Å². The van der Waals surface area contributed by atoms with Crippen molar-refractivity contribution < 1.29 is 24.0 Å². The normalized spacial score (nSPS) is 17.3. The van der Waals surface area contributed by atoms with Crippen LogP contribution in [-0.4, -0.2) is 39.3 Å². The number of ether oxygens (including phenoxy) is 1. The molecule has 1 aromatic heterocycles. The van der Waals surface area contributed by atoms with Crippen molar-refractivity contribution in [2.75, 3.05) is 17.2 Å². The van der Waals surface area contributed by atoms with Gasteiger partial charge in [-0.2, -0.15) is 0 Å². The Kier molecular flexibility index (Phi) is 4.97. The second-order valence-corrected chi connectivity index (χ2v) is 6.47. The summed E-state index contributed by atoms with van der Waals surface area (Å²) in [6.07, 6.45) is 1.20. The lowest BCUT2D eigenvalue weighted by atomic mass is 9.83. The predicted molar refractivity (Wildman–Crippen MR) is 100 cm³/mol. The van der Waals surface area contributed by atoms with E-state index in [0.717, 1.165) is 6.07 Å². The molecule has 0 fully saturated rings. The van der Waals surface area contributed by atoms with E-state index >= 15 is 0 Å². The standard InChI is InChI=1S/C18H17N5O6/c1-4-29-17(26)18(3)10-6-14(23(27)28)12(7-11(10)22-16(18)25)21-15(24)13-5-9(2)19-8-20-13/h5-8H,4H2,1-3H3,(H,21,24)(H,22,25). The van der Waals surface area contributed by atoms with E-state index in [9.17, 15) is 24.5 Å². The van der Waals surface area contributed by atoms with Crippen LogP contribution in [0, 0.1) is 17.0 Å². The van der Waals surface area contributed by atoms with Gasteiger partial charge in [0, 0.05) is 23.0 Å². The maximum atomic E-state index is 12.5. The molecule has 1 aliphatic heterocycles. The van der Waals surface area contributed by atoms with Crippen molar-refractivity contribution in [2.45, 2.75) is 26.2 Å². The molecular weight excluding hydrogens is 382 g/mol. The number of anilines is 2. The Morgan fingerprint density at radius 2 is 2.03 bits per heavy atom. The number of hydrogen-bond acceptors (Lipinski definition) is 8. The van der Waals surface area contributed by atoms with Crippen LogP contribution in [0.5, 0.6) is 0 Å². The Bertz CT molecular complexity index is 1050. The van der Waals surface area contributed by atoms with Crippen molar-refractivity contribution >= 4 is 34.8 Å². The number of esters is 1. The second-order valence-electron chi connectivity index (χ2n) is 6.47. The Morgan fingerprint density at radius 3 is 2.66 bits per heavy atom. The van der Waals surface area contributed by atoms with Gasteiger partial charge in [0.1, 0.15) is 17.7 Å². The third kappa shape index (κ3) is 3.37. The average molecular weight is 399 g/mol. The maximum absolute atomic E-state index is 12.5. The van der Waals surface area contributed by atoms with Crippen molar-refractivity contribution in [3.05, 3.63) is 51.6 Å². The van der Waals surface area contributed by atoms with Crippen LogP contribution in [0.1, 0.15) is 35.6 Å². The highest BCUT2D eigenvalue weighted by molar-refractivity contribution is 6.19. The molecule has 1 aliphatic rings. The van der Waals surface area contributed by atoms with Gasteiger partial charge >= 0.3 is 5.97 Å². The van der Waals surface area contributed by atoms with Crippen LogP contribution in [0.25, 0.3) is 0 Å². The van der Waals surface area contributed by atoms with Crippen molar-refractivity contribution in [3.63, 3.8) is 0 Å². The minimum absolute atomic E-state index is 0.0210. The molecule has 11 heteroatoms. The molecule has 1 atom stereocenters. The lowest BCUT2D eigenvalue weighted by molar-refractivity contribution is -0.384. The van der Waals surface area contributed by atoms with Gasteiger partial charge in [-0.15, -0.1) is 0 Å². The van der Waals surface area contributed by atoms with Crippen molar-refractivity contribution in [2.24, 2.45) is 0 Å². The average Bonchev–Trinajstić information content (AvgIpc) is 2.92. The Morgan fingerprint density at radius 1 is 1.31 bits per heavy atom. The summed E-state index contributed by atoms with van der Waals surface area (Å²) < 4.78 is 4.97. The van der Waals surface area contributed by atoms with E-state index in [1.807, 2.05) is 0 Å². The van der Waals surface area contributed by atoms with Gasteiger partial charge in [0.2, 0.25) is 5.91 Å². The number of hydrogen-bond donors (Lipinski definition) is 2. The van der Waals surface area contributed by atoms with Crippen LogP contribution in [-0.2, 0) is 19.7 Å². The molecule has 2 amide bonds. The van der Waals surface area contributed by atoms with Gasteiger partial charge in [0.15, 0.2) is 5.41 Å². The number of aryl methyl sites for hydroxylation is 1. The third-order valence-corrected chi connectivity index (χ3v) is 4.54. The van der Waals surface area contributed by atoms with Gasteiger partial charge in [-0.05, 0) is 32.9 Å². The molecule has 0 radical (unpaired) electrons. The molecule has 1 unspecified atom stereocenters. The summed E-state index contributed by atoms with van der Waals surface area (Å²) in [5.41, 5.74) is -1.52. The van der Waals surface area contributed by atoms with Crippen molar-refractivity contribution in [1.82, 2.24) is 9.97 Å². The third-order valence-electron chi connectivity index (χ3n) is 4.54. The summed E-state index contributed by atoms with van der Waals surface area (Å²) in [6, 6.07) is 3.75. The first-order chi connectivity index (χ1) is 13.7. The molecule has 0 spiro atoms. The minimum atomic E-state index is -1.73. The first-order valence-corrected chi connectivity index (χ1v) is 8.60. The molecule has 1 aromatic carbocycles. The second kappa shape index (κ2) is 7.26. The molecule has 2 aromatic rings. The molecular formula is C18H17N5O6. The number of nitro groups is 1. The van der Waals surface area contributed by atoms with Gasteiger partial charge in [-0.25, -0.2) is 9.97 Å². The Labute approximate surface area is 164 Å². The number of amides is 2. The molecule has 0 saturated carbocycles. The van der Waals surface area contributed by atoms with Crippen LogP contribution in [0.2, 0.25) is 0 Å². The molecule has 2 heterocycles. The monoisotopic (exact) mass is 399 g/mol. The topological polar surface area (TPSA) is 153 Å². The molecule has 0 saturated heterocycles. The Hall–Kier alpha value is -3.89. The first-order valence-electron chi connectivity index (χ1n) is 8.60. The molecule has 150 valence electrons. The fourth-order valence-corrected chi connectivity index (χ4v) is 2.97. The lowest BCUT2D eigenvalue weighted by Gasteiger charge is -2.19. The van der Waals surface area contributed by atoms with Crippen LogP contribution < -0.4 is 10.6 Å². The number of carbonyl (C=O) groups excluding carboxylic acids is 3. The highest BCUT2D eigenvalue weighted by atomic mass is 16.6. The minimum Gasteiger partial charge on any atom is -0.465 e. The summed E-state index contributed by atoms with van der Waals surface area (Å²) in [6.45, 7) is 4.64. The van der Waals surface area contributed by atoms with Crippen molar-refractivity contribution in [3.8, 4) is 0 Å². The van der Waals surface area contributed by atoms with E-state index in [-0.39, 0.29) is 29.2 Å². The van der Waals surface area contributed by atoms with Gasteiger partial charge in [0.25, 0.3) is 11.6 Å². The number of rotatable bonds is 5. The molecule has 29 heavy (non-hydrogen) atoms. The summed E-state index contributed by atoms with van der Waals surface area (Å²) in [5, 5.41) is 16.5. The van der Waals surface area contributed by atoms with Gasteiger partial charge in [-0.1, -0.05) is 0 Å². The first kappa shape index (κ1) is 19.9. The van der Waals surface area contributed by atoms with Crippen LogP contribution in [0.4, 0.5) is 17.1 Å². The highest BCUT2D eigenvalue weighted by Gasteiger charge is 2.51. The van der Waals surface area contributed by atoms with E-state index < -0.39 is 33.8 Å². The van der Waals surface area contributed by atoms with Crippen molar-refractivity contribution in [1.29, 1.82) is 0 Å². The number of aromatic nitrogens is 2. The van der Waals surface area contributed by atoms with Crippen LogP contribution in [0.3, 0.4) is 0 Å². The number of nitro benzene ring substituents is 1. The van der Waals surface area contributed by atoms with Crippen LogP contribution in [0.15, 0.2) is 24.5 Å². The van der Waals surface area contributed by atoms with E-state index in [1.54, 1.807) is 13.8 Å². The lowest BCUT2D eigenvalue weighted by Crippen LogP contribution is -2.40. The van der Waals surface area contributed by atoms with Crippen LogP contribution >= 0.6 is 0 Å². The smallest absolute Gasteiger partial charge is 0.326 e.